The van der Waals surface area contributed by atoms with Crippen molar-refractivity contribution in [3.63, 3.8) is 0 Å². The van der Waals surface area contributed by atoms with Gasteiger partial charge in [0.15, 0.2) is 6.10 Å². The summed E-state index contributed by atoms with van der Waals surface area (Å²) in [6.45, 7) is 5.66. The number of aliphatic hydroxyl groups is 1. The lowest BCUT2D eigenvalue weighted by Crippen LogP contribution is -2.48. The van der Waals surface area contributed by atoms with E-state index < -0.39 is 55.2 Å². The smallest absolute Gasteiger partial charge is 0.407 e. The molecule has 0 spiro atoms. The minimum atomic E-state index is -1.82. The second-order valence-corrected chi connectivity index (χ2v) is 10.5. The SMILES string of the molecule is C=CCn1nnnc1C(=O)NN(Cc1ccc(-c2cc(Cl)ccc2F)cc1)CC(O)C(=O)OCOC(=O)C(NC(=O)OC)C(C)C. The quantitative estimate of drug-likeness (QED) is 0.0935. The van der Waals surface area contributed by atoms with Crippen molar-refractivity contribution in [2.45, 2.75) is 39.1 Å². The third kappa shape index (κ3) is 10.0. The summed E-state index contributed by atoms with van der Waals surface area (Å²) in [4.78, 5) is 49.5. The molecule has 0 saturated heterocycles. The van der Waals surface area contributed by atoms with E-state index in [1.165, 1.54) is 34.0 Å². The number of carbonyl (C=O) groups excluding carboxylic acids is 4. The Balaban J connectivity index is 1.70. The monoisotopic (exact) mass is 661 g/mol. The van der Waals surface area contributed by atoms with Gasteiger partial charge in [0, 0.05) is 17.1 Å². The Morgan fingerprint density at radius 2 is 1.83 bits per heavy atom. The summed E-state index contributed by atoms with van der Waals surface area (Å²) in [7, 11) is 1.13. The van der Waals surface area contributed by atoms with Crippen LogP contribution in [0, 0.1) is 11.7 Å². The number of carbonyl (C=O) groups is 4. The normalized spacial score (nSPS) is 12.3. The number of ether oxygens (including phenoxy) is 3. The van der Waals surface area contributed by atoms with E-state index in [9.17, 15) is 28.7 Å². The second-order valence-electron chi connectivity index (χ2n) is 10.0. The van der Waals surface area contributed by atoms with Gasteiger partial charge in [-0.05, 0) is 45.7 Å². The van der Waals surface area contributed by atoms with Crippen molar-refractivity contribution in [2.75, 3.05) is 20.4 Å². The Labute approximate surface area is 268 Å². The van der Waals surface area contributed by atoms with Crippen molar-refractivity contribution in [3.05, 3.63) is 77.3 Å². The molecule has 0 bridgehead atoms. The third-order valence-electron chi connectivity index (χ3n) is 6.31. The molecular formula is C29H33ClFN7O8. The van der Waals surface area contributed by atoms with Crippen LogP contribution >= 0.6 is 11.6 Å². The summed E-state index contributed by atoms with van der Waals surface area (Å²) in [5.41, 5.74) is 3.99. The molecular weight excluding hydrogens is 629 g/mol. The lowest BCUT2D eigenvalue weighted by atomic mass is 10.0. The Morgan fingerprint density at radius 1 is 1.13 bits per heavy atom. The molecule has 0 aliphatic heterocycles. The van der Waals surface area contributed by atoms with Crippen LogP contribution in [-0.2, 0) is 36.9 Å². The van der Waals surface area contributed by atoms with Gasteiger partial charge in [-0.1, -0.05) is 55.8 Å². The number of rotatable bonds is 15. The van der Waals surface area contributed by atoms with Gasteiger partial charge < -0.3 is 24.6 Å². The molecule has 3 rings (SSSR count). The molecule has 15 nitrogen and oxygen atoms in total. The van der Waals surface area contributed by atoms with Gasteiger partial charge in [0.1, 0.15) is 11.9 Å². The number of nitrogens with one attached hydrogen (secondary N) is 2. The third-order valence-corrected chi connectivity index (χ3v) is 6.55. The molecule has 2 unspecified atom stereocenters. The van der Waals surface area contributed by atoms with Crippen molar-refractivity contribution in [3.8, 4) is 11.1 Å². The van der Waals surface area contributed by atoms with E-state index in [-0.39, 0.29) is 30.4 Å². The molecule has 2 atom stereocenters. The van der Waals surface area contributed by atoms with Gasteiger partial charge in [-0.3, -0.25) is 10.2 Å². The van der Waals surface area contributed by atoms with E-state index >= 15 is 0 Å². The molecule has 1 aromatic heterocycles. The number of halogens is 2. The van der Waals surface area contributed by atoms with Crippen LogP contribution in [0.2, 0.25) is 5.02 Å². The molecule has 0 fully saturated rings. The highest BCUT2D eigenvalue weighted by Gasteiger charge is 2.28. The number of tetrazole rings is 1. The number of alkyl carbamates (subject to hydrolysis) is 1. The van der Waals surface area contributed by atoms with E-state index in [1.807, 2.05) is 0 Å². The van der Waals surface area contributed by atoms with Gasteiger partial charge in [0.2, 0.25) is 12.6 Å². The fraction of sp³-hybridized carbons (Fsp3) is 0.345. The number of aromatic nitrogens is 4. The number of methoxy groups -OCH3 is 1. The molecule has 3 aromatic rings. The molecule has 2 aromatic carbocycles. The van der Waals surface area contributed by atoms with E-state index in [1.54, 1.807) is 38.1 Å². The number of allylic oxidation sites excluding steroid dienone is 1. The lowest BCUT2D eigenvalue weighted by Gasteiger charge is -2.25. The molecule has 2 amide bonds. The molecule has 46 heavy (non-hydrogen) atoms. The van der Waals surface area contributed by atoms with Crippen LogP contribution in [0.3, 0.4) is 0 Å². The standard InChI is InChI=1S/C29H33ClFN7O8/c1-5-12-38-25(33-35-36-38)26(40)34-37(14-18-6-8-19(9-7-18)21-13-20(30)10-11-22(21)31)15-23(39)27(41)45-16-46-28(42)24(17(2)3)32-29(43)44-4/h5-11,13,17,23-24,39H,1,12,14-16H2,2-4H3,(H,32,43)(H,34,40). The van der Waals surface area contributed by atoms with E-state index in [2.05, 4.69) is 37.6 Å². The number of aliphatic hydroxyl groups excluding tert-OH is 1. The topological polar surface area (TPSA) is 187 Å². The van der Waals surface area contributed by atoms with Gasteiger partial charge in [-0.15, -0.1) is 11.7 Å². The van der Waals surface area contributed by atoms with Gasteiger partial charge in [0.05, 0.1) is 20.2 Å². The number of hydrazine groups is 1. The van der Waals surface area contributed by atoms with E-state index in [4.69, 9.17) is 21.1 Å². The van der Waals surface area contributed by atoms with Crippen molar-refractivity contribution >= 4 is 35.5 Å². The first-order chi connectivity index (χ1) is 21.9. The average Bonchev–Trinajstić information content (AvgIpc) is 3.49. The van der Waals surface area contributed by atoms with Gasteiger partial charge >= 0.3 is 23.9 Å². The maximum atomic E-state index is 14.4. The zero-order valence-electron chi connectivity index (χ0n) is 25.2. The predicted octanol–water partition coefficient (Wildman–Crippen LogP) is 2.25. The molecule has 0 saturated carbocycles. The van der Waals surface area contributed by atoms with Gasteiger partial charge in [-0.25, -0.2) is 28.5 Å². The molecule has 246 valence electrons. The van der Waals surface area contributed by atoms with Crippen LogP contribution in [0.5, 0.6) is 0 Å². The first-order valence-corrected chi connectivity index (χ1v) is 14.1. The van der Waals surface area contributed by atoms with E-state index in [0.29, 0.717) is 16.1 Å². The Bertz CT molecular complexity index is 1540. The Morgan fingerprint density at radius 3 is 2.48 bits per heavy atom. The zero-order valence-corrected chi connectivity index (χ0v) is 25.9. The summed E-state index contributed by atoms with van der Waals surface area (Å²) in [5, 5.41) is 25.4. The summed E-state index contributed by atoms with van der Waals surface area (Å²) in [5.74, 6) is -3.82. The van der Waals surface area contributed by atoms with E-state index in [0.717, 1.165) is 7.11 Å². The first-order valence-electron chi connectivity index (χ1n) is 13.8. The van der Waals surface area contributed by atoms with Crippen molar-refractivity contribution in [2.24, 2.45) is 5.92 Å². The number of hydrogen-bond acceptors (Lipinski definition) is 12. The maximum absolute atomic E-state index is 14.4. The molecule has 3 N–H and O–H groups in total. The Kier molecular flexibility index (Phi) is 13.1. The van der Waals surface area contributed by atoms with Crippen LogP contribution in [-0.4, -0.2) is 86.9 Å². The molecule has 0 aliphatic rings. The maximum Gasteiger partial charge on any atom is 0.407 e. The Hall–Kier alpha value is -4.93. The zero-order chi connectivity index (χ0) is 33.8. The number of amides is 2. The van der Waals surface area contributed by atoms with Crippen LogP contribution < -0.4 is 10.7 Å². The number of esters is 2. The van der Waals surface area contributed by atoms with Crippen molar-refractivity contribution in [1.29, 1.82) is 0 Å². The van der Waals surface area contributed by atoms with Crippen LogP contribution in [0.1, 0.15) is 30.0 Å². The van der Waals surface area contributed by atoms with Gasteiger partial charge in [0.25, 0.3) is 0 Å². The second kappa shape index (κ2) is 17.0. The molecule has 0 radical (unpaired) electrons. The number of benzene rings is 2. The van der Waals surface area contributed by atoms with Crippen LogP contribution in [0.4, 0.5) is 9.18 Å². The lowest BCUT2D eigenvalue weighted by molar-refractivity contribution is -0.175. The molecule has 0 aliphatic carbocycles. The average molecular weight is 662 g/mol. The molecule has 1 heterocycles. The minimum Gasteiger partial charge on any atom is -0.453 e. The minimum absolute atomic E-state index is 0.0400. The number of nitrogens with zero attached hydrogens (tertiary/aromatic N) is 5. The fourth-order valence-corrected chi connectivity index (χ4v) is 4.16. The largest absolute Gasteiger partial charge is 0.453 e. The van der Waals surface area contributed by atoms with Crippen LogP contribution in [0.25, 0.3) is 11.1 Å². The van der Waals surface area contributed by atoms with Crippen molar-refractivity contribution < 1.29 is 42.9 Å². The summed E-state index contributed by atoms with van der Waals surface area (Å²) in [6.07, 6.45) is -1.19. The molecule has 17 heteroatoms. The highest BCUT2D eigenvalue weighted by Crippen LogP contribution is 2.26. The highest BCUT2D eigenvalue weighted by atomic mass is 35.5. The predicted molar refractivity (Wildman–Crippen MR) is 160 cm³/mol. The summed E-state index contributed by atoms with van der Waals surface area (Å²) >= 11 is 6.02. The highest BCUT2D eigenvalue weighted by molar-refractivity contribution is 6.30. The fourth-order valence-electron chi connectivity index (χ4n) is 3.98. The van der Waals surface area contributed by atoms with Crippen LogP contribution in [0.15, 0.2) is 55.1 Å². The number of hydrogen-bond donors (Lipinski definition) is 3. The first kappa shape index (κ1) is 35.5. The summed E-state index contributed by atoms with van der Waals surface area (Å²) < 4.78 is 29.9. The summed E-state index contributed by atoms with van der Waals surface area (Å²) in [6, 6.07) is 9.71. The van der Waals surface area contributed by atoms with Gasteiger partial charge in [-0.2, -0.15) is 0 Å². The van der Waals surface area contributed by atoms with Crippen molar-refractivity contribution in [1.82, 2.24) is 36.0 Å².